The van der Waals surface area contributed by atoms with Crippen molar-refractivity contribution in [3.63, 3.8) is 0 Å². The molecule has 0 spiro atoms. The Morgan fingerprint density at radius 2 is 1.76 bits per heavy atom. The van der Waals surface area contributed by atoms with Gasteiger partial charge in [0.05, 0.1) is 0 Å². The second-order valence-electron chi connectivity index (χ2n) is 11.6. The first-order chi connectivity index (χ1) is 19.7. The SMILES string of the molecule is CCCC=c1nc2c(=CC(C)(C)C)c(C)c(CCO)c(O)c2n1Cc1ccc(-c2ccccc2-c2nn[nH]n2)cc1. The number of aromatic nitrogens is 6. The van der Waals surface area contributed by atoms with Gasteiger partial charge in [-0.05, 0) is 58.7 Å². The van der Waals surface area contributed by atoms with E-state index in [9.17, 15) is 10.2 Å². The van der Waals surface area contributed by atoms with Gasteiger partial charge in [0.1, 0.15) is 22.3 Å². The quantitative estimate of drug-likeness (QED) is 0.254. The number of phenolic OH excluding ortho intramolecular Hbond substituents is 1. The fourth-order valence-electron chi connectivity index (χ4n) is 5.35. The fraction of sp³-hybridized carbons (Fsp3) is 0.333. The zero-order valence-corrected chi connectivity index (χ0v) is 24.4. The highest BCUT2D eigenvalue weighted by Gasteiger charge is 2.20. The number of phenols is 1. The van der Waals surface area contributed by atoms with Crippen LogP contribution in [0.3, 0.4) is 0 Å². The molecule has 0 unspecified atom stereocenters. The highest BCUT2D eigenvalue weighted by Crippen LogP contribution is 2.31. The Bertz CT molecular complexity index is 1780. The summed E-state index contributed by atoms with van der Waals surface area (Å²) in [5, 5.41) is 37.0. The van der Waals surface area contributed by atoms with Crippen molar-refractivity contribution < 1.29 is 10.2 Å². The number of H-pyrrole nitrogens is 1. The third kappa shape index (κ3) is 5.79. The molecule has 0 aliphatic rings. The van der Waals surface area contributed by atoms with Crippen LogP contribution in [0.5, 0.6) is 5.75 Å². The molecule has 41 heavy (non-hydrogen) atoms. The monoisotopic (exact) mass is 550 g/mol. The van der Waals surface area contributed by atoms with Crippen LogP contribution in [-0.2, 0) is 13.0 Å². The topological polar surface area (TPSA) is 113 Å². The molecule has 0 fully saturated rings. The number of aromatic amines is 1. The molecule has 8 heteroatoms. The largest absolute Gasteiger partial charge is 0.505 e. The highest BCUT2D eigenvalue weighted by atomic mass is 16.3. The molecule has 0 aliphatic carbocycles. The summed E-state index contributed by atoms with van der Waals surface area (Å²) in [6, 6.07) is 16.4. The van der Waals surface area contributed by atoms with Crippen LogP contribution >= 0.6 is 0 Å². The first-order valence-corrected chi connectivity index (χ1v) is 14.2. The number of hydrogen-bond donors (Lipinski definition) is 3. The summed E-state index contributed by atoms with van der Waals surface area (Å²) < 4.78 is 2.11. The number of fused-ring (bicyclic) bond motifs is 1. The summed E-state index contributed by atoms with van der Waals surface area (Å²) in [6.45, 7) is 11.2. The number of aliphatic hydroxyl groups is 1. The molecule has 0 radical (unpaired) electrons. The molecule has 212 valence electrons. The molecule has 3 aromatic carbocycles. The van der Waals surface area contributed by atoms with Crippen molar-refractivity contribution in [1.82, 2.24) is 30.2 Å². The van der Waals surface area contributed by atoms with E-state index in [1.54, 1.807) is 0 Å². The van der Waals surface area contributed by atoms with E-state index in [4.69, 9.17) is 4.98 Å². The first-order valence-electron chi connectivity index (χ1n) is 14.2. The number of unbranched alkanes of at least 4 members (excludes halogenated alkanes) is 1. The van der Waals surface area contributed by atoms with Crippen LogP contribution in [0, 0.1) is 12.3 Å². The number of aromatic hydroxyl groups is 1. The Kier molecular flexibility index (Phi) is 8.03. The van der Waals surface area contributed by atoms with E-state index in [1.165, 1.54) is 0 Å². The molecule has 0 saturated heterocycles. The van der Waals surface area contributed by atoms with Crippen LogP contribution in [0.25, 0.3) is 45.7 Å². The van der Waals surface area contributed by atoms with E-state index in [0.29, 0.717) is 24.3 Å². The Labute approximate surface area is 240 Å². The van der Waals surface area contributed by atoms with E-state index in [-0.39, 0.29) is 17.8 Å². The third-order valence-corrected chi connectivity index (χ3v) is 7.29. The lowest BCUT2D eigenvalue weighted by Gasteiger charge is -2.16. The molecule has 0 saturated carbocycles. The molecule has 5 aromatic rings. The van der Waals surface area contributed by atoms with Crippen LogP contribution < -0.4 is 10.7 Å². The number of hydrogen-bond acceptors (Lipinski definition) is 6. The molecule has 0 atom stereocenters. The van der Waals surface area contributed by atoms with Gasteiger partial charge in [-0.3, -0.25) is 0 Å². The van der Waals surface area contributed by atoms with Gasteiger partial charge in [0, 0.05) is 29.5 Å². The number of nitrogens with one attached hydrogen (secondary N) is 1. The van der Waals surface area contributed by atoms with Crippen molar-refractivity contribution in [3.8, 4) is 28.3 Å². The summed E-state index contributed by atoms with van der Waals surface area (Å²) in [5.41, 5.74) is 8.06. The van der Waals surface area contributed by atoms with Crippen LogP contribution in [0.15, 0.2) is 48.5 Å². The van der Waals surface area contributed by atoms with Gasteiger partial charge >= 0.3 is 0 Å². The van der Waals surface area contributed by atoms with Gasteiger partial charge < -0.3 is 14.8 Å². The fourth-order valence-corrected chi connectivity index (χ4v) is 5.35. The predicted octanol–water partition coefficient (Wildman–Crippen LogP) is 4.89. The third-order valence-electron chi connectivity index (χ3n) is 7.29. The van der Waals surface area contributed by atoms with Gasteiger partial charge in [-0.1, -0.05) is 88.7 Å². The van der Waals surface area contributed by atoms with Gasteiger partial charge in [0.25, 0.3) is 0 Å². The van der Waals surface area contributed by atoms with E-state index in [0.717, 1.165) is 62.4 Å². The van der Waals surface area contributed by atoms with Crippen LogP contribution in [0.2, 0.25) is 0 Å². The molecule has 0 aliphatic heterocycles. The van der Waals surface area contributed by atoms with Crippen LogP contribution in [0.1, 0.15) is 57.2 Å². The zero-order valence-electron chi connectivity index (χ0n) is 24.4. The summed E-state index contributed by atoms with van der Waals surface area (Å²) in [4.78, 5) is 5.09. The molecule has 8 nitrogen and oxygen atoms in total. The minimum absolute atomic E-state index is 0.0371. The molecular formula is C33H38N6O2. The maximum Gasteiger partial charge on any atom is 0.205 e. The van der Waals surface area contributed by atoms with E-state index >= 15 is 0 Å². The maximum atomic E-state index is 11.6. The molecule has 2 aromatic heterocycles. The Balaban J connectivity index is 1.65. The predicted molar refractivity (Wildman–Crippen MR) is 164 cm³/mol. The first kappa shape index (κ1) is 28.2. The van der Waals surface area contributed by atoms with Gasteiger partial charge in [0.15, 0.2) is 0 Å². The van der Waals surface area contributed by atoms with Crippen molar-refractivity contribution in [2.24, 2.45) is 5.41 Å². The lowest BCUT2D eigenvalue weighted by atomic mass is 9.91. The van der Waals surface area contributed by atoms with Crippen molar-refractivity contribution in [1.29, 1.82) is 0 Å². The van der Waals surface area contributed by atoms with Gasteiger partial charge in [-0.15, -0.1) is 10.2 Å². The lowest BCUT2D eigenvalue weighted by molar-refractivity contribution is 0.297. The average molecular weight is 551 g/mol. The molecule has 0 bridgehead atoms. The summed E-state index contributed by atoms with van der Waals surface area (Å²) in [6.07, 6.45) is 6.64. The maximum absolute atomic E-state index is 11.6. The normalized spacial score (nSPS) is 13.0. The number of imidazole rings is 1. The van der Waals surface area contributed by atoms with E-state index < -0.39 is 0 Å². The van der Waals surface area contributed by atoms with Crippen molar-refractivity contribution >= 4 is 23.2 Å². The summed E-state index contributed by atoms with van der Waals surface area (Å²) >= 11 is 0. The standard InChI is InChI=1S/C33H38N6O2/c1-6-7-12-28-34-29-27(19-33(3,4)5)21(2)24(17-18-40)31(41)30(29)39(28)20-22-13-15-23(16-14-22)25-10-8-9-11-26(25)32-35-37-38-36-32/h8-16,19,40-41H,6-7,17-18,20H2,1-5H3,(H,35,36,37,38). The smallest absolute Gasteiger partial charge is 0.205 e. The van der Waals surface area contributed by atoms with E-state index in [2.05, 4.69) is 95.4 Å². The Morgan fingerprint density at radius 3 is 2.39 bits per heavy atom. The lowest BCUT2D eigenvalue weighted by Crippen LogP contribution is -2.19. The molecule has 3 N–H and O–H groups in total. The van der Waals surface area contributed by atoms with Crippen molar-refractivity contribution in [3.05, 3.63) is 75.9 Å². The zero-order chi connectivity index (χ0) is 29.1. The van der Waals surface area contributed by atoms with Crippen LogP contribution in [0.4, 0.5) is 0 Å². The molecule has 2 heterocycles. The van der Waals surface area contributed by atoms with Crippen molar-refractivity contribution in [2.75, 3.05) is 6.61 Å². The van der Waals surface area contributed by atoms with E-state index in [1.807, 2.05) is 25.1 Å². The van der Waals surface area contributed by atoms with Gasteiger partial charge in [-0.2, -0.15) is 5.21 Å². The second kappa shape index (κ2) is 11.7. The van der Waals surface area contributed by atoms with Gasteiger partial charge in [0.2, 0.25) is 5.82 Å². The number of benzene rings is 3. The molecular weight excluding hydrogens is 512 g/mol. The van der Waals surface area contributed by atoms with Crippen molar-refractivity contribution in [2.45, 2.75) is 60.4 Å². The number of nitrogens with zero attached hydrogens (tertiary/aromatic N) is 5. The average Bonchev–Trinajstić information content (AvgIpc) is 3.61. The number of tetrazole rings is 1. The molecule has 0 amide bonds. The Morgan fingerprint density at radius 1 is 1.02 bits per heavy atom. The van der Waals surface area contributed by atoms with Crippen LogP contribution in [-0.4, -0.2) is 47.0 Å². The second-order valence-corrected chi connectivity index (χ2v) is 11.6. The minimum Gasteiger partial charge on any atom is -0.505 e. The molecule has 5 rings (SSSR count). The minimum atomic E-state index is -0.0875. The Hall–Kier alpha value is -4.30. The summed E-state index contributed by atoms with van der Waals surface area (Å²) in [5.74, 6) is 0.755. The van der Waals surface area contributed by atoms with Gasteiger partial charge in [-0.25, -0.2) is 4.98 Å². The highest BCUT2D eigenvalue weighted by molar-refractivity contribution is 5.86. The number of rotatable bonds is 8. The number of aliphatic hydroxyl groups excluding tert-OH is 1. The summed E-state index contributed by atoms with van der Waals surface area (Å²) in [7, 11) is 0.